The highest BCUT2D eigenvalue weighted by Gasteiger charge is 2.30. The van der Waals surface area contributed by atoms with Crippen LogP contribution in [-0.4, -0.2) is 27.8 Å². The number of para-hydroxylation sites is 2. The average molecular weight is 807 g/mol. The molecule has 0 saturated carbocycles. The molecule has 1 atom stereocenters. The summed E-state index contributed by atoms with van der Waals surface area (Å²) >= 11 is 0. The van der Waals surface area contributed by atoms with Gasteiger partial charge in [0.15, 0.2) is 5.82 Å². The van der Waals surface area contributed by atoms with Crippen LogP contribution < -0.4 is 0 Å². The van der Waals surface area contributed by atoms with Crippen molar-refractivity contribution in [2.24, 2.45) is 4.99 Å². The first-order valence-electron chi connectivity index (χ1n) is 21.4. The number of hydrogen-bond donors (Lipinski definition) is 0. The zero-order valence-electron chi connectivity index (χ0n) is 34.8. The summed E-state index contributed by atoms with van der Waals surface area (Å²) in [7, 11) is 2.17. The predicted molar refractivity (Wildman–Crippen MR) is 261 cm³/mol. The number of aliphatic imine (C=N–C) groups is 1. The second-order valence-electron chi connectivity index (χ2n) is 16.1. The molecule has 4 nitrogen and oxygen atoms in total. The first kappa shape index (κ1) is 37.8. The molecule has 0 amide bonds. The Balaban J connectivity index is 0.998. The van der Waals surface area contributed by atoms with E-state index in [1.165, 1.54) is 33.4 Å². The Morgan fingerprint density at radius 3 is 1.37 bits per heavy atom. The molecule has 4 heteroatoms. The summed E-state index contributed by atoms with van der Waals surface area (Å²) in [6.45, 7) is 0. The second-order valence-corrected chi connectivity index (χ2v) is 16.1. The monoisotopic (exact) mass is 806 g/mol. The van der Waals surface area contributed by atoms with Crippen LogP contribution in [0.25, 0.3) is 78.1 Å². The van der Waals surface area contributed by atoms with Crippen LogP contribution in [0.15, 0.2) is 236 Å². The van der Waals surface area contributed by atoms with E-state index in [-0.39, 0.29) is 6.04 Å². The minimum atomic E-state index is -0.0692. The summed E-state index contributed by atoms with van der Waals surface area (Å²) in [5, 5.41) is 1.00. The van der Waals surface area contributed by atoms with Gasteiger partial charge in [-0.2, -0.15) is 0 Å². The molecular formula is C59H42N4. The zero-order valence-corrected chi connectivity index (χ0v) is 34.8. The van der Waals surface area contributed by atoms with E-state index in [0.717, 1.165) is 67.1 Å². The smallest absolute Gasteiger partial charge is 0.160 e. The van der Waals surface area contributed by atoms with Crippen molar-refractivity contribution in [2.75, 3.05) is 7.05 Å². The fraction of sp³-hybridized carbons (Fsp3) is 0.0339. The first-order valence-corrected chi connectivity index (χ1v) is 21.4. The largest absolute Gasteiger partial charge is 0.348 e. The quantitative estimate of drug-likeness (QED) is 0.154. The maximum atomic E-state index is 5.36. The van der Waals surface area contributed by atoms with Gasteiger partial charge in [-0.15, -0.1) is 0 Å². The molecule has 63 heavy (non-hydrogen) atoms. The summed E-state index contributed by atoms with van der Waals surface area (Å²) in [6, 6.07) is 81.6. The van der Waals surface area contributed by atoms with Gasteiger partial charge in [0.2, 0.25) is 0 Å². The number of benzene rings is 9. The van der Waals surface area contributed by atoms with Crippen molar-refractivity contribution in [1.29, 1.82) is 0 Å². The lowest BCUT2D eigenvalue weighted by atomic mass is 9.88. The minimum Gasteiger partial charge on any atom is -0.348 e. The van der Waals surface area contributed by atoms with Gasteiger partial charge in [-0.3, -0.25) is 0 Å². The van der Waals surface area contributed by atoms with E-state index in [1.54, 1.807) is 0 Å². The van der Waals surface area contributed by atoms with E-state index >= 15 is 0 Å². The molecule has 11 rings (SSSR count). The van der Waals surface area contributed by atoms with E-state index in [4.69, 9.17) is 15.0 Å². The highest BCUT2D eigenvalue weighted by atomic mass is 15.2. The summed E-state index contributed by atoms with van der Waals surface area (Å²) in [5.74, 6) is 1.60. The molecule has 1 unspecified atom stereocenters. The van der Waals surface area contributed by atoms with Gasteiger partial charge in [0.1, 0.15) is 5.84 Å². The van der Waals surface area contributed by atoms with Gasteiger partial charge >= 0.3 is 0 Å². The van der Waals surface area contributed by atoms with Gasteiger partial charge in [-0.25, -0.2) is 15.0 Å². The van der Waals surface area contributed by atoms with E-state index < -0.39 is 0 Å². The van der Waals surface area contributed by atoms with Crippen molar-refractivity contribution in [3.8, 4) is 67.2 Å². The maximum absolute atomic E-state index is 5.36. The normalized spacial score (nSPS) is 13.4. The molecule has 0 fully saturated rings. The predicted octanol–water partition coefficient (Wildman–Crippen LogP) is 14.7. The Morgan fingerprint density at radius 2 is 0.810 bits per heavy atom. The van der Waals surface area contributed by atoms with E-state index in [0.29, 0.717) is 5.82 Å². The van der Waals surface area contributed by atoms with Crippen molar-refractivity contribution in [3.05, 3.63) is 247 Å². The second kappa shape index (κ2) is 16.3. The Kier molecular flexibility index (Phi) is 9.79. The third-order valence-electron chi connectivity index (χ3n) is 12.1. The van der Waals surface area contributed by atoms with Gasteiger partial charge in [0, 0.05) is 34.7 Å². The highest BCUT2D eigenvalue weighted by Crippen LogP contribution is 2.42. The van der Waals surface area contributed by atoms with Gasteiger partial charge < -0.3 is 4.90 Å². The molecule has 0 bridgehead atoms. The molecular weight excluding hydrogens is 765 g/mol. The SMILES string of the molecule is CN1C(c2ccc(-c3nc(-c4cc(-c5ccccc5)cc(-c5ccccc5)c4)nc4ccccc34)cc2)=Nc2ccccc2C1c1cc(-c2ccccc2)cc(-c2ccccc2)c1. The van der Waals surface area contributed by atoms with E-state index in [2.05, 4.69) is 236 Å². The number of nitrogens with zero attached hydrogens (tertiary/aromatic N) is 4. The molecule has 1 aromatic heterocycles. The van der Waals surface area contributed by atoms with E-state index in [1.807, 2.05) is 6.07 Å². The first-order chi connectivity index (χ1) is 31.1. The molecule has 298 valence electrons. The van der Waals surface area contributed by atoms with Crippen molar-refractivity contribution < 1.29 is 0 Å². The molecule has 0 N–H and O–H groups in total. The molecule has 0 radical (unpaired) electrons. The molecule has 1 aliphatic rings. The topological polar surface area (TPSA) is 41.4 Å². The van der Waals surface area contributed by atoms with Crippen LogP contribution >= 0.6 is 0 Å². The van der Waals surface area contributed by atoms with Crippen molar-refractivity contribution in [2.45, 2.75) is 6.04 Å². The van der Waals surface area contributed by atoms with Crippen LogP contribution in [0.4, 0.5) is 5.69 Å². The van der Waals surface area contributed by atoms with Crippen LogP contribution in [0.2, 0.25) is 0 Å². The Morgan fingerprint density at radius 1 is 0.365 bits per heavy atom. The number of aromatic nitrogens is 2. The highest BCUT2D eigenvalue weighted by molar-refractivity contribution is 6.03. The van der Waals surface area contributed by atoms with Crippen LogP contribution in [0, 0.1) is 0 Å². The van der Waals surface area contributed by atoms with Crippen LogP contribution in [-0.2, 0) is 0 Å². The Hall–Kier alpha value is -8.21. The summed E-state index contributed by atoms with van der Waals surface area (Å²) in [4.78, 5) is 18.2. The molecule has 0 aliphatic carbocycles. The standard InChI is InChI=1S/C59H42N4/c1-63-57(50-36-46(40-18-6-2-7-19-40)34-47(37-50)41-20-8-3-9-21-41)53-27-15-17-29-55(53)61-59(63)45-32-30-44(31-33-45)56-52-26-14-16-28-54(52)60-58(62-56)51-38-48(42-22-10-4-11-23-42)35-49(39-51)43-24-12-5-13-25-43/h2-39,57H,1H3. The van der Waals surface area contributed by atoms with Crippen LogP contribution in [0.3, 0.4) is 0 Å². The van der Waals surface area contributed by atoms with Gasteiger partial charge in [-0.05, 0) is 98.6 Å². The van der Waals surface area contributed by atoms with Gasteiger partial charge in [0.05, 0.1) is 22.9 Å². The number of rotatable bonds is 8. The minimum absolute atomic E-state index is 0.0692. The fourth-order valence-corrected chi connectivity index (χ4v) is 8.97. The molecule has 10 aromatic rings. The number of hydrogen-bond acceptors (Lipinski definition) is 4. The van der Waals surface area contributed by atoms with Crippen LogP contribution in [0.5, 0.6) is 0 Å². The average Bonchev–Trinajstić information content (AvgIpc) is 3.36. The number of amidine groups is 1. The third-order valence-corrected chi connectivity index (χ3v) is 12.1. The number of fused-ring (bicyclic) bond motifs is 2. The van der Waals surface area contributed by atoms with Crippen LogP contribution in [0.1, 0.15) is 22.7 Å². The molecule has 0 spiro atoms. The Labute approximate surface area is 368 Å². The van der Waals surface area contributed by atoms with Crippen molar-refractivity contribution in [1.82, 2.24) is 14.9 Å². The fourth-order valence-electron chi connectivity index (χ4n) is 8.97. The van der Waals surface area contributed by atoms with Crippen molar-refractivity contribution >= 4 is 22.4 Å². The zero-order chi connectivity index (χ0) is 42.1. The lowest BCUT2D eigenvalue weighted by Crippen LogP contribution is -2.35. The summed E-state index contributed by atoms with van der Waals surface area (Å²) in [5.41, 5.74) is 17.5. The summed E-state index contributed by atoms with van der Waals surface area (Å²) < 4.78 is 0. The maximum Gasteiger partial charge on any atom is 0.160 e. The third kappa shape index (κ3) is 7.38. The lowest BCUT2D eigenvalue weighted by Gasteiger charge is -2.36. The lowest BCUT2D eigenvalue weighted by molar-refractivity contribution is 0.422. The molecule has 0 saturated heterocycles. The molecule has 2 heterocycles. The molecule has 9 aromatic carbocycles. The Bertz CT molecular complexity index is 3160. The molecule has 1 aliphatic heterocycles. The van der Waals surface area contributed by atoms with Crippen molar-refractivity contribution in [3.63, 3.8) is 0 Å². The van der Waals surface area contributed by atoms with Gasteiger partial charge in [0.25, 0.3) is 0 Å². The summed E-state index contributed by atoms with van der Waals surface area (Å²) in [6.07, 6.45) is 0. The van der Waals surface area contributed by atoms with Gasteiger partial charge in [-0.1, -0.05) is 182 Å². The van der Waals surface area contributed by atoms with E-state index in [9.17, 15) is 0 Å².